The fourth-order valence-corrected chi connectivity index (χ4v) is 2.71. The molecule has 0 radical (unpaired) electrons. The topological polar surface area (TPSA) is 54.0 Å². The fourth-order valence-electron chi connectivity index (χ4n) is 1.74. The van der Waals surface area contributed by atoms with Crippen LogP contribution in [0.15, 0.2) is 6.20 Å². The molecule has 1 aromatic heterocycles. The van der Waals surface area contributed by atoms with Gasteiger partial charge in [-0.05, 0) is 19.4 Å². The molecule has 1 saturated heterocycles. The van der Waals surface area contributed by atoms with Crippen LogP contribution >= 0.6 is 11.3 Å². The van der Waals surface area contributed by atoms with E-state index in [0.29, 0.717) is 10.9 Å². The molecule has 2 heterocycles. The lowest BCUT2D eigenvalue weighted by atomic mass is 10.1. The highest BCUT2D eigenvalue weighted by Crippen LogP contribution is 2.26. The molecule has 4 nitrogen and oxygen atoms in total. The zero-order valence-corrected chi connectivity index (χ0v) is 9.56. The summed E-state index contributed by atoms with van der Waals surface area (Å²) in [5.41, 5.74) is 0. The predicted octanol–water partition coefficient (Wildman–Crippen LogP) is 1.32. The van der Waals surface area contributed by atoms with E-state index in [1.165, 1.54) is 24.2 Å². The summed E-state index contributed by atoms with van der Waals surface area (Å²) in [5.74, 6) is -0.0467. The summed E-state index contributed by atoms with van der Waals surface area (Å²) in [5, 5.41) is 7.07. The number of amides is 1. The second kappa shape index (κ2) is 4.72. The van der Waals surface area contributed by atoms with Crippen LogP contribution in [0.25, 0.3) is 0 Å². The lowest BCUT2D eigenvalue weighted by Gasteiger charge is -2.20. The van der Waals surface area contributed by atoms with Gasteiger partial charge in [-0.3, -0.25) is 4.79 Å². The molecule has 0 aromatic carbocycles. The molecule has 2 N–H and O–H groups in total. The van der Waals surface area contributed by atoms with Gasteiger partial charge in [0.05, 0.1) is 12.2 Å². The molecule has 1 aliphatic rings. The molecule has 5 heteroatoms. The van der Waals surface area contributed by atoms with Gasteiger partial charge in [0, 0.05) is 7.05 Å². The summed E-state index contributed by atoms with van der Waals surface area (Å²) in [6.07, 6.45) is 5.27. The largest absolute Gasteiger partial charge is 0.354 e. The van der Waals surface area contributed by atoms with Crippen LogP contribution in [-0.2, 0) is 0 Å². The van der Waals surface area contributed by atoms with Gasteiger partial charge in [0.15, 0.2) is 0 Å². The van der Waals surface area contributed by atoms with Crippen LogP contribution in [0, 0.1) is 0 Å². The predicted molar refractivity (Wildman–Crippen MR) is 60.1 cm³/mol. The van der Waals surface area contributed by atoms with Crippen molar-refractivity contribution in [3.63, 3.8) is 0 Å². The van der Waals surface area contributed by atoms with Crippen molar-refractivity contribution in [2.75, 3.05) is 13.6 Å². The number of nitrogens with zero attached hydrogens (tertiary/aromatic N) is 1. The first-order valence-corrected chi connectivity index (χ1v) is 6.04. The zero-order chi connectivity index (χ0) is 10.7. The molecule has 1 amide bonds. The van der Waals surface area contributed by atoms with Crippen LogP contribution in [0.5, 0.6) is 0 Å². The van der Waals surface area contributed by atoms with Gasteiger partial charge in [-0.2, -0.15) is 0 Å². The molecular formula is C10H15N3OS. The SMILES string of the molecule is CNC(=O)c1cnc([C@@H]2CCCCN2)s1. The fraction of sp³-hybridized carbons (Fsp3) is 0.600. The molecule has 0 saturated carbocycles. The quantitative estimate of drug-likeness (QED) is 0.798. The van der Waals surface area contributed by atoms with E-state index in [0.717, 1.165) is 18.0 Å². The normalized spacial score (nSPS) is 21.3. The number of aromatic nitrogens is 1. The monoisotopic (exact) mass is 225 g/mol. The average Bonchev–Trinajstić information content (AvgIpc) is 2.78. The lowest BCUT2D eigenvalue weighted by Crippen LogP contribution is -2.26. The van der Waals surface area contributed by atoms with Gasteiger partial charge >= 0.3 is 0 Å². The highest BCUT2D eigenvalue weighted by Gasteiger charge is 2.19. The van der Waals surface area contributed by atoms with Crippen LogP contribution in [0.3, 0.4) is 0 Å². The summed E-state index contributed by atoms with van der Waals surface area (Å²) in [4.78, 5) is 16.3. The van der Waals surface area contributed by atoms with Gasteiger partial charge in [0.25, 0.3) is 5.91 Å². The van der Waals surface area contributed by atoms with Gasteiger partial charge in [0.1, 0.15) is 9.88 Å². The second-order valence-electron chi connectivity index (χ2n) is 3.64. The third-order valence-electron chi connectivity index (χ3n) is 2.58. The Labute approximate surface area is 93.1 Å². The first-order valence-electron chi connectivity index (χ1n) is 5.22. The van der Waals surface area contributed by atoms with E-state index in [1.54, 1.807) is 13.2 Å². The maximum atomic E-state index is 11.3. The summed E-state index contributed by atoms with van der Waals surface area (Å²) in [6.45, 7) is 1.06. The molecule has 1 aromatic rings. The molecule has 1 atom stereocenters. The van der Waals surface area contributed by atoms with Gasteiger partial charge in [-0.1, -0.05) is 6.42 Å². The Balaban J connectivity index is 2.08. The smallest absolute Gasteiger partial charge is 0.262 e. The van der Waals surface area contributed by atoms with Crippen molar-refractivity contribution in [3.05, 3.63) is 16.1 Å². The van der Waals surface area contributed by atoms with Crippen molar-refractivity contribution in [2.45, 2.75) is 25.3 Å². The number of carbonyl (C=O) groups is 1. The number of piperidine rings is 1. The molecule has 0 unspecified atom stereocenters. The van der Waals surface area contributed by atoms with Crippen LogP contribution < -0.4 is 10.6 Å². The van der Waals surface area contributed by atoms with E-state index in [2.05, 4.69) is 15.6 Å². The molecule has 0 bridgehead atoms. The molecule has 82 valence electrons. The maximum Gasteiger partial charge on any atom is 0.262 e. The Morgan fingerprint density at radius 3 is 3.20 bits per heavy atom. The minimum atomic E-state index is -0.0467. The minimum Gasteiger partial charge on any atom is -0.354 e. The standard InChI is InChI=1S/C10H15N3OS/c1-11-9(14)8-6-13-10(15-8)7-4-2-3-5-12-7/h6-7,12H,2-5H2,1H3,(H,11,14)/t7-/m0/s1. The van der Waals surface area contributed by atoms with Crippen molar-refractivity contribution in [1.29, 1.82) is 0 Å². The first-order chi connectivity index (χ1) is 7.31. The number of hydrogen-bond acceptors (Lipinski definition) is 4. The van der Waals surface area contributed by atoms with Crippen molar-refractivity contribution in [1.82, 2.24) is 15.6 Å². The van der Waals surface area contributed by atoms with Crippen LogP contribution in [0.1, 0.15) is 40.0 Å². The summed E-state index contributed by atoms with van der Waals surface area (Å²) >= 11 is 1.49. The van der Waals surface area contributed by atoms with Gasteiger partial charge in [-0.25, -0.2) is 4.98 Å². The molecule has 0 spiro atoms. The van der Waals surface area contributed by atoms with E-state index in [9.17, 15) is 4.79 Å². The Morgan fingerprint density at radius 2 is 2.53 bits per heavy atom. The number of hydrogen-bond donors (Lipinski definition) is 2. The Bertz CT molecular complexity index is 344. The van der Waals surface area contributed by atoms with Crippen LogP contribution in [-0.4, -0.2) is 24.5 Å². The van der Waals surface area contributed by atoms with E-state index >= 15 is 0 Å². The number of thiazole rings is 1. The van der Waals surface area contributed by atoms with Crippen molar-refractivity contribution >= 4 is 17.2 Å². The van der Waals surface area contributed by atoms with E-state index in [-0.39, 0.29) is 5.91 Å². The Kier molecular flexibility index (Phi) is 3.33. The van der Waals surface area contributed by atoms with E-state index in [1.807, 2.05) is 0 Å². The molecule has 15 heavy (non-hydrogen) atoms. The molecular weight excluding hydrogens is 210 g/mol. The third-order valence-corrected chi connectivity index (χ3v) is 3.69. The first kappa shape index (κ1) is 10.6. The number of carbonyl (C=O) groups excluding carboxylic acids is 1. The Hall–Kier alpha value is -0.940. The highest BCUT2D eigenvalue weighted by atomic mass is 32.1. The summed E-state index contributed by atoms with van der Waals surface area (Å²) < 4.78 is 0. The molecule has 1 aliphatic heterocycles. The highest BCUT2D eigenvalue weighted by molar-refractivity contribution is 7.13. The van der Waals surface area contributed by atoms with Crippen molar-refractivity contribution in [3.8, 4) is 0 Å². The van der Waals surface area contributed by atoms with Crippen molar-refractivity contribution < 1.29 is 4.79 Å². The van der Waals surface area contributed by atoms with Gasteiger partial charge in [0.2, 0.25) is 0 Å². The van der Waals surface area contributed by atoms with E-state index in [4.69, 9.17) is 0 Å². The van der Waals surface area contributed by atoms with Gasteiger partial charge < -0.3 is 10.6 Å². The summed E-state index contributed by atoms with van der Waals surface area (Å²) in [6, 6.07) is 0.349. The maximum absolute atomic E-state index is 11.3. The molecule has 1 fully saturated rings. The zero-order valence-electron chi connectivity index (χ0n) is 8.75. The molecule has 2 rings (SSSR count). The number of rotatable bonds is 2. The van der Waals surface area contributed by atoms with Crippen molar-refractivity contribution in [2.24, 2.45) is 0 Å². The summed E-state index contributed by atoms with van der Waals surface area (Å²) in [7, 11) is 1.64. The molecule has 0 aliphatic carbocycles. The lowest BCUT2D eigenvalue weighted by molar-refractivity contribution is 0.0967. The van der Waals surface area contributed by atoms with Gasteiger partial charge in [-0.15, -0.1) is 11.3 Å². The van der Waals surface area contributed by atoms with Crippen LogP contribution in [0.4, 0.5) is 0 Å². The van der Waals surface area contributed by atoms with Crippen LogP contribution in [0.2, 0.25) is 0 Å². The Morgan fingerprint density at radius 1 is 1.67 bits per heavy atom. The minimum absolute atomic E-state index is 0.0467. The van der Waals surface area contributed by atoms with E-state index < -0.39 is 0 Å². The third kappa shape index (κ3) is 2.35. The number of nitrogens with one attached hydrogen (secondary N) is 2. The second-order valence-corrected chi connectivity index (χ2v) is 4.71. The average molecular weight is 225 g/mol.